The number of benzene rings is 1. The second kappa shape index (κ2) is 6.71. The van der Waals surface area contributed by atoms with E-state index in [0.29, 0.717) is 29.6 Å². The molecule has 0 fully saturated rings. The van der Waals surface area contributed by atoms with Crippen molar-refractivity contribution < 1.29 is 9.53 Å². The lowest BCUT2D eigenvalue weighted by Gasteiger charge is -2.06. The molecule has 0 saturated carbocycles. The van der Waals surface area contributed by atoms with E-state index in [9.17, 15) is 4.79 Å². The fourth-order valence-electron chi connectivity index (χ4n) is 2.28. The minimum absolute atomic E-state index is 0.172. The molecule has 2 heterocycles. The van der Waals surface area contributed by atoms with Gasteiger partial charge in [-0.2, -0.15) is 0 Å². The molecule has 0 unspecified atom stereocenters. The molecule has 0 saturated heterocycles. The van der Waals surface area contributed by atoms with E-state index in [1.807, 2.05) is 31.3 Å². The summed E-state index contributed by atoms with van der Waals surface area (Å²) >= 11 is 6.10. The van der Waals surface area contributed by atoms with E-state index in [4.69, 9.17) is 16.3 Å². The van der Waals surface area contributed by atoms with Crippen molar-refractivity contribution in [2.75, 3.05) is 6.61 Å². The number of nitrogens with zero attached hydrogens (tertiary/aromatic N) is 2. The van der Waals surface area contributed by atoms with Gasteiger partial charge in [0.2, 0.25) is 0 Å². The minimum atomic E-state index is -0.172. The van der Waals surface area contributed by atoms with Gasteiger partial charge in [0.05, 0.1) is 18.8 Å². The molecule has 0 spiro atoms. The molecule has 5 nitrogen and oxygen atoms in total. The van der Waals surface area contributed by atoms with Crippen LogP contribution in [0.1, 0.15) is 23.0 Å². The van der Waals surface area contributed by atoms with Gasteiger partial charge < -0.3 is 10.1 Å². The van der Waals surface area contributed by atoms with Crippen LogP contribution in [0.5, 0.6) is 5.75 Å². The third-order valence-corrected chi connectivity index (χ3v) is 3.64. The number of rotatable bonds is 5. The second-order valence-corrected chi connectivity index (χ2v) is 5.34. The third kappa shape index (κ3) is 3.46. The Balaban J connectivity index is 1.70. The quantitative estimate of drug-likeness (QED) is 0.731. The van der Waals surface area contributed by atoms with Crippen molar-refractivity contribution in [2.45, 2.75) is 13.5 Å². The number of hydrogen-bond acceptors (Lipinski definition) is 3. The van der Waals surface area contributed by atoms with E-state index in [-0.39, 0.29) is 5.91 Å². The van der Waals surface area contributed by atoms with Crippen LogP contribution in [0.15, 0.2) is 48.7 Å². The van der Waals surface area contributed by atoms with Crippen LogP contribution in [0.3, 0.4) is 0 Å². The van der Waals surface area contributed by atoms with Gasteiger partial charge in [0.1, 0.15) is 16.5 Å². The number of nitrogens with one attached hydrogen (secondary N) is 1. The Bertz CT molecular complexity index is 845. The van der Waals surface area contributed by atoms with Gasteiger partial charge >= 0.3 is 0 Å². The molecule has 1 N–H and O–H groups in total. The molecule has 23 heavy (non-hydrogen) atoms. The van der Waals surface area contributed by atoms with E-state index < -0.39 is 0 Å². The zero-order chi connectivity index (χ0) is 16.2. The second-order valence-electron chi connectivity index (χ2n) is 4.95. The molecule has 0 atom stereocenters. The summed E-state index contributed by atoms with van der Waals surface area (Å²) < 4.78 is 7.18. The molecule has 1 aromatic carbocycles. The summed E-state index contributed by atoms with van der Waals surface area (Å²) in [6.07, 6.45) is 1.81. The molecule has 3 rings (SSSR count). The zero-order valence-corrected chi connectivity index (χ0v) is 13.4. The van der Waals surface area contributed by atoms with E-state index >= 15 is 0 Å². The molecule has 2 aromatic heterocycles. The lowest BCUT2D eigenvalue weighted by Crippen LogP contribution is -2.22. The first-order chi connectivity index (χ1) is 11.2. The Kier molecular flexibility index (Phi) is 4.48. The number of amides is 1. The van der Waals surface area contributed by atoms with Gasteiger partial charge in [-0.25, -0.2) is 4.98 Å². The van der Waals surface area contributed by atoms with Gasteiger partial charge in [0, 0.05) is 11.8 Å². The monoisotopic (exact) mass is 329 g/mol. The van der Waals surface area contributed by atoms with Gasteiger partial charge in [0.25, 0.3) is 5.91 Å². The predicted octanol–water partition coefficient (Wildman–Crippen LogP) is 3.32. The van der Waals surface area contributed by atoms with Crippen molar-refractivity contribution in [3.05, 3.63) is 65.1 Å². The van der Waals surface area contributed by atoms with Crippen molar-refractivity contribution >= 4 is 23.2 Å². The van der Waals surface area contributed by atoms with E-state index in [1.165, 1.54) is 0 Å². The zero-order valence-electron chi connectivity index (χ0n) is 12.6. The molecule has 6 heteroatoms. The number of pyridine rings is 1. The SMILES string of the molecule is CCOc1cccc(C(=O)NCc2cn3c(Cl)cccc3n2)c1. The number of ether oxygens (including phenoxy) is 1. The van der Waals surface area contributed by atoms with Crippen molar-refractivity contribution in [3.8, 4) is 5.75 Å². The summed E-state index contributed by atoms with van der Waals surface area (Å²) in [5.74, 6) is 0.509. The van der Waals surface area contributed by atoms with E-state index in [1.54, 1.807) is 28.7 Å². The van der Waals surface area contributed by atoms with Crippen LogP contribution in [0.25, 0.3) is 5.65 Å². The fourth-order valence-corrected chi connectivity index (χ4v) is 2.49. The van der Waals surface area contributed by atoms with Crippen molar-refractivity contribution in [3.63, 3.8) is 0 Å². The first kappa shape index (κ1) is 15.4. The van der Waals surface area contributed by atoms with Crippen molar-refractivity contribution in [2.24, 2.45) is 0 Å². The highest BCUT2D eigenvalue weighted by Gasteiger charge is 2.09. The standard InChI is InChI=1S/C17H16ClN3O2/c1-2-23-14-6-3-5-12(9-14)17(22)19-10-13-11-21-15(18)7-4-8-16(21)20-13/h3-9,11H,2,10H2,1H3,(H,19,22). The maximum absolute atomic E-state index is 12.2. The first-order valence-corrected chi connectivity index (χ1v) is 7.68. The summed E-state index contributed by atoms with van der Waals surface area (Å²) in [6, 6.07) is 12.6. The molecular formula is C17H16ClN3O2. The lowest BCUT2D eigenvalue weighted by molar-refractivity contribution is 0.0950. The number of hydrogen-bond donors (Lipinski definition) is 1. The normalized spacial score (nSPS) is 10.7. The average molecular weight is 330 g/mol. The summed E-state index contributed by atoms with van der Waals surface area (Å²) in [6.45, 7) is 2.80. The third-order valence-electron chi connectivity index (χ3n) is 3.33. The van der Waals surface area contributed by atoms with Crippen LogP contribution >= 0.6 is 11.6 Å². The maximum atomic E-state index is 12.2. The number of aromatic nitrogens is 2. The lowest BCUT2D eigenvalue weighted by atomic mass is 10.2. The van der Waals surface area contributed by atoms with E-state index in [0.717, 1.165) is 11.3 Å². The molecular weight excluding hydrogens is 314 g/mol. The largest absolute Gasteiger partial charge is 0.494 e. The Hall–Kier alpha value is -2.53. The summed E-state index contributed by atoms with van der Waals surface area (Å²) in [7, 11) is 0. The van der Waals surface area contributed by atoms with Crippen LogP contribution in [0, 0.1) is 0 Å². The van der Waals surface area contributed by atoms with Gasteiger partial charge in [0.15, 0.2) is 0 Å². The topological polar surface area (TPSA) is 55.6 Å². The molecule has 0 aliphatic heterocycles. The maximum Gasteiger partial charge on any atom is 0.251 e. The highest BCUT2D eigenvalue weighted by molar-refractivity contribution is 6.29. The number of imidazole rings is 1. The average Bonchev–Trinajstić information content (AvgIpc) is 2.98. The van der Waals surface area contributed by atoms with Gasteiger partial charge in [-0.3, -0.25) is 9.20 Å². The molecule has 1 amide bonds. The van der Waals surface area contributed by atoms with Crippen LogP contribution < -0.4 is 10.1 Å². The van der Waals surface area contributed by atoms with Crippen LogP contribution in [-0.4, -0.2) is 21.9 Å². The minimum Gasteiger partial charge on any atom is -0.494 e. The Morgan fingerprint density at radius 1 is 1.30 bits per heavy atom. The summed E-state index contributed by atoms with van der Waals surface area (Å²) in [5, 5.41) is 3.43. The smallest absolute Gasteiger partial charge is 0.251 e. The highest BCUT2D eigenvalue weighted by atomic mass is 35.5. The summed E-state index contributed by atoms with van der Waals surface area (Å²) in [5.41, 5.74) is 2.05. The van der Waals surface area contributed by atoms with Crippen LogP contribution in [0.4, 0.5) is 0 Å². The van der Waals surface area contributed by atoms with Crippen LogP contribution in [0.2, 0.25) is 5.15 Å². The predicted molar refractivity (Wildman–Crippen MR) is 89.0 cm³/mol. The van der Waals surface area contributed by atoms with E-state index in [2.05, 4.69) is 10.3 Å². The van der Waals surface area contributed by atoms with Crippen molar-refractivity contribution in [1.29, 1.82) is 0 Å². The fraction of sp³-hybridized carbons (Fsp3) is 0.176. The number of carbonyl (C=O) groups is 1. The first-order valence-electron chi connectivity index (χ1n) is 7.31. The number of carbonyl (C=O) groups excluding carboxylic acids is 1. The van der Waals surface area contributed by atoms with Gasteiger partial charge in [-0.05, 0) is 37.3 Å². The molecule has 3 aromatic rings. The Labute approximate surface area is 138 Å². The number of halogens is 1. The van der Waals surface area contributed by atoms with Crippen molar-refractivity contribution in [1.82, 2.24) is 14.7 Å². The van der Waals surface area contributed by atoms with Gasteiger partial charge in [-0.15, -0.1) is 0 Å². The molecule has 0 aliphatic rings. The molecule has 118 valence electrons. The Morgan fingerprint density at radius 3 is 2.91 bits per heavy atom. The summed E-state index contributed by atoms with van der Waals surface area (Å²) in [4.78, 5) is 16.7. The Morgan fingerprint density at radius 2 is 2.13 bits per heavy atom. The van der Waals surface area contributed by atoms with Gasteiger partial charge in [-0.1, -0.05) is 23.7 Å². The molecule has 0 bridgehead atoms. The number of fused-ring (bicyclic) bond motifs is 1. The highest BCUT2D eigenvalue weighted by Crippen LogP contribution is 2.15. The molecule has 0 aliphatic carbocycles. The molecule has 0 radical (unpaired) electrons. The van der Waals surface area contributed by atoms with Crippen LogP contribution in [-0.2, 0) is 6.54 Å².